The van der Waals surface area contributed by atoms with E-state index in [1.807, 2.05) is 6.92 Å². The molecule has 1 fully saturated rings. The van der Waals surface area contributed by atoms with Gasteiger partial charge in [0, 0.05) is 16.6 Å². The molecule has 1 amide bonds. The van der Waals surface area contributed by atoms with E-state index in [9.17, 15) is 14.7 Å². The number of carboxylic acids is 1. The van der Waals surface area contributed by atoms with Crippen LogP contribution in [-0.2, 0) is 4.79 Å². The van der Waals surface area contributed by atoms with Crippen molar-refractivity contribution < 1.29 is 14.7 Å². The van der Waals surface area contributed by atoms with Crippen LogP contribution in [0.4, 0.5) is 0 Å². The number of benzene rings is 1. The lowest BCUT2D eigenvalue weighted by atomic mass is 10.0. The van der Waals surface area contributed by atoms with Crippen LogP contribution in [0.5, 0.6) is 0 Å². The number of amides is 1. The number of hydrogen-bond acceptors (Lipinski definition) is 2. The summed E-state index contributed by atoms with van der Waals surface area (Å²) in [5.74, 6) is -1.28. The topological polar surface area (TPSA) is 57.6 Å². The largest absolute Gasteiger partial charge is 0.480 e. The standard InChI is InChI=1S/C13H13BrClNO3/c1-7-4-5-16(11(7)13(18)19)12(17)8-2-3-9(14)10(15)6-8/h2-3,6-7,11H,4-5H2,1H3,(H,18,19). The van der Waals surface area contributed by atoms with E-state index in [4.69, 9.17) is 11.6 Å². The van der Waals surface area contributed by atoms with Gasteiger partial charge in [0.15, 0.2) is 0 Å². The van der Waals surface area contributed by atoms with Crippen LogP contribution < -0.4 is 0 Å². The first kappa shape index (κ1) is 14.3. The van der Waals surface area contributed by atoms with Gasteiger partial charge in [-0.2, -0.15) is 0 Å². The van der Waals surface area contributed by atoms with Crippen LogP contribution in [0.15, 0.2) is 22.7 Å². The molecule has 0 saturated carbocycles. The summed E-state index contributed by atoms with van der Waals surface area (Å²) < 4.78 is 0.704. The molecule has 1 aromatic rings. The van der Waals surface area contributed by atoms with Gasteiger partial charge in [-0.05, 0) is 46.5 Å². The third kappa shape index (κ3) is 2.77. The zero-order valence-corrected chi connectivity index (χ0v) is 12.6. The van der Waals surface area contributed by atoms with Crippen LogP contribution in [0.2, 0.25) is 5.02 Å². The molecule has 19 heavy (non-hydrogen) atoms. The first-order chi connectivity index (χ1) is 8.91. The first-order valence-electron chi connectivity index (χ1n) is 5.90. The van der Waals surface area contributed by atoms with Crippen molar-refractivity contribution in [3.63, 3.8) is 0 Å². The molecule has 0 bridgehead atoms. The predicted molar refractivity (Wildman–Crippen MR) is 75.4 cm³/mol. The maximum atomic E-state index is 12.4. The molecule has 1 aliphatic heterocycles. The number of halogens is 2. The number of aliphatic carboxylic acids is 1. The average Bonchev–Trinajstić information content (AvgIpc) is 2.74. The van der Waals surface area contributed by atoms with Gasteiger partial charge in [0.25, 0.3) is 5.91 Å². The van der Waals surface area contributed by atoms with Gasteiger partial charge in [0.2, 0.25) is 0 Å². The van der Waals surface area contributed by atoms with Gasteiger partial charge >= 0.3 is 5.97 Å². The van der Waals surface area contributed by atoms with E-state index in [0.717, 1.165) is 0 Å². The van der Waals surface area contributed by atoms with Gasteiger partial charge in [-0.15, -0.1) is 0 Å². The third-order valence-corrected chi connectivity index (χ3v) is 4.61. The van der Waals surface area contributed by atoms with Crippen LogP contribution in [-0.4, -0.2) is 34.5 Å². The summed E-state index contributed by atoms with van der Waals surface area (Å²) in [6, 6.07) is 4.12. The molecule has 6 heteroatoms. The minimum Gasteiger partial charge on any atom is -0.480 e. The van der Waals surface area contributed by atoms with Gasteiger partial charge < -0.3 is 10.0 Å². The van der Waals surface area contributed by atoms with Crippen molar-refractivity contribution >= 4 is 39.4 Å². The highest BCUT2D eigenvalue weighted by Crippen LogP contribution is 2.28. The van der Waals surface area contributed by atoms with E-state index in [0.29, 0.717) is 28.0 Å². The molecule has 0 spiro atoms. The minimum atomic E-state index is -0.957. The van der Waals surface area contributed by atoms with E-state index >= 15 is 0 Å². The lowest BCUT2D eigenvalue weighted by Crippen LogP contribution is -2.42. The quantitative estimate of drug-likeness (QED) is 0.895. The van der Waals surface area contributed by atoms with E-state index in [1.165, 1.54) is 4.90 Å². The molecule has 2 rings (SSSR count). The Balaban J connectivity index is 2.28. The number of carbonyl (C=O) groups is 2. The van der Waals surface area contributed by atoms with Crippen molar-refractivity contribution in [3.05, 3.63) is 33.3 Å². The van der Waals surface area contributed by atoms with Crippen molar-refractivity contribution in [1.82, 2.24) is 4.90 Å². The average molecular weight is 347 g/mol. The molecular formula is C13H13BrClNO3. The second-order valence-electron chi connectivity index (χ2n) is 4.68. The summed E-state index contributed by atoms with van der Waals surface area (Å²) >= 11 is 9.21. The fourth-order valence-corrected chi connectivity index (χ4v) is 2.77. The summed E-state index contributed by atoms with van der Waals surface area (Å²) in [5, 5.41) is 9.66. The van der Waals surface area contributed by atoms with Crippen molar-refractivity contribution in [2.75, 3.05) is 6.54 Å². The fraction of sp³-hybridized carbons (Fsp3) is 0.385. The smallest absolute Gasteiger partial charge is 0.326 e. The first-order valence-corrected chi connectivity index (χ1v) is 7.07. The van der Waals surface area contributed by atoms with Gasteiger partial charge in [0.1, 0.15) is 6.04 Å². The number of nitrogens with zero attached hydrogens (tertiary/aromatic N) is 1. The molecule has 0 radical (unpaired) electrons. The van der Waals surface area contributed by atoms with Crippen LogP contribution in [0.1, 0.15) is 23.7 Å². The van der Waals surface area contributed by atoms with Gasteiger partial charge in [-0.3, -0.25) is 4.79 Å². The zero-order chi connectivity index (χ0) is 14.2. The second-order valence-corrected chi connectivity index (χ2v) is 5.94. The Kier molecular flexibility index (Phi) is 4.16. The van der Waals surface area contributed by atoms with E-state index in [-0.39, 0.29) is 11.8 Å². The molecule has 4 nitrogen and oxygen atoms in total. The van der Waals surface area contributed by atoms with Crippen molar-refractivity contribution in [1.29, 1.82) is 0 Å². The predicted octanol–water partition coefficient (Wildman–Crippen LogP) is 3.04. The molecule has 1 N–H and O–H groups in total. The van der Waals surface area contributed by atoms with Crippen LogP contribution in [0.3, 0.4) is 0 Å². The molecule has 2 unspecified atom stereocenters. The highest BCUT2D eigenvalue weighted by molar-refractivity contribution is 9.10. The van der Waals surface area contributed by atoms with Crippen LogP contribution in [0, 0.1) is 5.92 Å². The van der Waals surface area contributed by atoms with Crippen LogP contribution in [0.25, 0.3) is 0 Å². The van der Waals surface area contributed by atoms with Gasteiger partial charge in [-0.25, -0.2) is 4.79 Å². The molecule has 1 aromatic carbocycles. The lowest BCUT2D eigenvalue weighted by Gasteiger charge is -2.23. The minimum absolute atomic E-state index is 0.0348. The van der Waals surface area contributed by atoms with Crippen molar-refractivity contribution in [2.24, 2.45) is 5.92 Å². The van der Waals surface area contributed by atoms with Crippen molar-refractivity contribution in [3.8, 4) is 0 Å². The SMILES string of the molecule is CC1CCN(C(=O)c2ccc(Br)c(Cl)c2)C1C(=O)O. The highest BCUT2D eigenvalue weighted by Gasteiger charge is 2.39. The number of hydrogen-bond donors (Lipinski definition) is 1. The van der Waals surface area contributed by atoms with Crippen molar-refractivity contribution in [2.45, 2.75) is 19.4 Å². The number of carbonyl (C=O) groups excluding carboxylic acids is 1. The second kappa shape index (κ2) is 5.51. The van der Waals surface area contributed by atoms with Gasteiger partial charge in [-0.1, -0.05) is 18.5 Å². The monoisotopic (exact) mass is 345 g/mol. The normalized spacial score (nSPS) is 22.6. The molecule has 1 saturated heterocycles. The summed E-state index contributed by atoms with van der Waals surface area (Å²) in [7, 11) is 0. The van der Waals surface area contributed by atoms with E-state index in [2.05, 4.69) is 15.9 Å². The van der Waals surface area contributed by atoms with Gasteiger partial charge in [0.05, 0.1) is 5.02 Å². The maximum absolute atomic E-state index is 12.4. The number of rotatable bonds is 2. The van der Waals surface area contributed by atoms with Crippen LogP contribution >= 0.6 is 27.5 Å². The Bertz CT molecular complexity index is 535. The Labute approximate surface area is 124 Å². The number of likely N-dealkylation sites (tertiary alicyclic amines) is 1. The molecular weight excluding hydrogens is 334 g/mol. The zero-order valence-electron chi connectivity index (χ0n) is 10.3. The molecule has 1 heterocycles. The third-order valence-electron chi connectivity index (χ3n) is 3.38. The Morgan fingerprint density at radius 2 is 2.16 bits per heavy atom. The fourth-order valence-electron chi connectivity index (χ4n) is 2.35. The summed E-state index contributed by atoms with van der Waals surface area (Å²) in [6.45, 7) is 2.31. The molecule has 2 atom stereocenters. The maximum Gasteiger partial charge on any atom is 0.326 e. The lowest BCUT2D eigenvalue weighted by molar-refractivity contribution is -0.142. The summed E-state index contributed by atoms with van der Waals surface area (Å²) in [6.07, 6.45) is 0.701. The Hall–Kier alpha value is -1.07. The Morgan fingerprint density at radius 1 is 1.47 bits per heavy atom. The molecule has 0 aliphatic carbocycles. The van der Waals surface area contributed by atoms with E-state index in [1.54, 1.807) is 18.2 Å². The molecule has 0 aromatic heterocycles. The number of carboxylic acid groups (broad SMARTS) is 1. The summed E-state index contributed by atoms with van der Waals surface area (Å²) in [4.78, 5) is 25.0. The molecule has 102 valence electrons. The summed E-state index contributed by atoms with van der Waals surface area (Å²) in [5.41, 5.74) is 0.411. The van der Waals surface area contributed by atoms with E-state index < -0.39 is 12.0 Å². The Morgan fingerprint density at radius 3 is 2.74 bits per heavy atom. The molecule has 1 aliphatic rings. The highest BCUT2D eigenvalue weighted by atomic mass is 79.9.